The maximum atomic E-state index is 6.41. The van der Waals surface area contributed by atoms with E-state index in [0.717, 1.165) is 41.0 Å². The Morgan fingerprint density at radius 1 is 1.32 bits per heavy atom. The third kappa shape index (κ3) is 2.68. The van der Waals surface area contributed by atoms with Gasteiger partial charge < -0.3 is 10.5 Å². The molecule has 19 heavy (non-hydrogen) atoms. The second-order valence-electron chi connectivity index (χ2n) is 6.31. The lowest BCUT2D eigenvalue weighted by atomic mass is 9.82. The van der Waals surface area contributed by atoms with E-state index in [9.17, 15) is 0 Å². The molecule has 0 aromatic heterocycles. The maximum Gasteiger partial charge on any atom is 0.124 e. The van der Waals surface area contributed by atoms with Crippen LogP contribution in [-0.2, 0) is 0 Å². The van der Waals surface area contributed by atoms with Crippen molar-refractivity contribution in [1.82, 2.24) is 0 Å². The summed E-state index contributed by atoms with van der Waals surface area (Å²) in [6, 6.07) is 6.32. The minimum Gasteiger partial charge on any atom is -0.487 e. The fourth-order valence-corrected chi connectivity index (χ4v) is 3.92. The summed E-state index contributed by atoms with van der Waals surface area (Å²) in [6.45, 7) is 2.35. The Morgan fingerprint density at radius 2 is 2.16 bits per heavy atom. The molecule has 0 saturated heterocycles. The highest BCUT2D eigenvalue weighted by Crippen LogP contribution is 2.45. The van der Waals surface area contributed by atoms with Crippen LogP contribution in [0.25, 0.3) is 0 Å². The Bertz CT molecular complexity index is 476. The van der Waals surface area contributed by atoms with Gasteiger partial charge in [0.15, 0.2) is 0 Å². The standard InChI is InChI=1S/C16H22BrNO/c1-11-3-2-7-16(8-6-11)10-14(18)13-9-12(17)4-5-15(13)19-16/h4-5,9,11,14H,2-3,6-8,10,18H2,1H3. The summed E-state index contributed by atoms with van der Waals surface area (Å²) in [5, 5.41) is 0. The van der Waals surface area contributed by atoms with Crippen LogP contribution in [0, 0.1) is 5.92 Å². The predicted molar refractivity (Wildman–Crippen MR) is 81.3 cm³/mol. The molecular formula is C16H22BrNO. The first-order valence-electron chi connectivity index (χ1n) is 7.32. The van der Waals surface area contributed by atoms with Crippen LogP contribution in [0.15, 0.2) is 22.7 Å². The van der Waals surface area contributed by atoms with Gasteiger partial charge in [0.05, 0.1) is 0 Å². The zero-order chi connectivity index (χ0) is 13.5. The molecule has 0 radical (unpaired) electrons. The molecule has 2 N–H and O–H groups in total. The van der Waals surface area contributed by atoms with E-state index in [-0.39, 0.29) is 11.6 Å². The average molecular weight is 324 g/mol. The van der Waals surface area contributed by atoms with Crippen molar-refractivity contribution in [3.05, 3.63) is 28.2 Å². The Balaban J connectivity index is 1.89. The second kappa shape index (κ2) is 5.10. The Morgan fingerprint density at radius 3 is 3.00 bits per heavy atom. The zero-order valence-corrected chi connectivity index (χ0v) is 13.1. The van der Waals surface area contributed by atoms with Crippen LogP contribution in [0.2, 0.25) is 0 Å². The molecule has 0 amide bonds. The topological polar surface area (TPSA) is 35.2 Å². The summed E-state index contributed by atoms with van der Waals surface area (Å²) in [5.74, 6) is 1.82. The number of hydrogen-bond acceptors (Lipinski definition) is 2. The van der Waals surface area contributed by atoms with Crippen LogP contribution in [0.3, 0.4) is 0 Å². The molecule has 2 nitrogen and oxygen atoms in total. The van der Waals surface area contributed by atoms with Crippen molar-refractivity contribution >= 4 is 15.9 Å². The smallest absolute Gasteiger partial charge is 0.124 e. The molecule has 1 saturated carbocycles. The van der Waals surface area contributed by atoms with E-state index in [4.69, 9.17) is 10.5 Å². The van der Waals surface area contributed by atoms with Crippen molar-refractivity contribution in [1.29, 1.82) is 0 Å². The molecule has 104 valence electrons. The number of halogens is 1. The third-order valence-corrected chi connectivity index (χ3v) is 5.21. The molecule has 3 rings (SSSR count). The lowest BCUT2D eigenvalue weighted by Gasteiger charge is -2.41. The molecule has 3 unspecified atom stereocenters. The van der Waals surface area contributed by atoms with E-state index in [1.165, 1.54) is 19.3 Å². The summed E-state index contributed by atoms with van der Waals surface area (Å²) in [4.78, 5) is 0. The van der Waals surface area contributed by atoms with Crippen LogP contribution in [0.5, 0.6) is 5.75 Å². The summed E-state index contributed by atoms with van der Waals surface area (Å²) in [7, 11) is 0. The number of benzene rings is 1. The molecule has 0 bridgehead atoms. The molecule has 3 heteroatoms. The molecule has 1 heterocycles. The summed E-state index contributed by atoms with van der Waals surface area (Å²) >= 11 is 3.51. The summed E-state index contributed by atoms with van der Waals surface area (Å²) < 4.78 is 7.49. The van der Waals surface area contributed by atoms with Crippen molar-refractivity contribution in [2.75, 3.05) is 0 Å². The highest BCUT2D eigenvalue weighted by molar-refractivity contribution is 9.10. The zero-order valence-electron chi connectivity index (χ0n) is 11.5. The van der Waals surface area contributed by atoms with Crippen LogP contribution in [0.4, 0.5) is 0 Å². The van der Waals surface area contributed by atoms with Crippen molar-refractivity contribution in [2.24, 2.45) is 11.7 Å². The Labute approximate surface area is 123 Å². The van der Waals surface area contributed by atoms with Gasteiger partial charge in [-0.25, -0.2) is 0 Å². The van der Waals surface area contributed by atoms with Gasteiger partial charge in [-0.1, -0.05) is 29.3 Å². The summed E-state index contributed by atoms with van der Waals surface area (Å²) in [5.41, 5.74) is 7.55. The predicted octanol–water partition coefficient (Wildman–Crippen LogP) is 4.57. The average Bonchev–Trinajstić information content (AvgIpc) is 2.54. The maximum absolute atomic E-state index is 6.41. The van der Waals surface area contributed by atoms with Gasteiger partial charge in [0.25, 0.3) is 0 Å². The first-order chi connectivity index (χ1) is 9.08. The van der Waals surface area contributed by atoms with Gasteiger partial charge >= 0.3 is 0 Å². The normalized spacial score (nSPS) is 34.5. The molecule has 1 spiro atoms. The first kappa shape index (κ1) is 13.4. The van der Waals surface area contributed by atoms with Crippen LogP contribution < -0.4 is 10.5 Å². The second-order valence-corrected chi connectivity index (χ2v) is 7.23. The van der Waals surface area contributed by atoms with Crippen LogP contribution in [0.1, 0.15) is 57.1 Å². The van der Waals surface area contributed by atoms with Gasteiger partial charge in [0.2, 0.25) is 0 Å². The van der Waals surface area contributed by atoms with Crippen LogP contribution >= 0.6 is 15.9 Å². The SMILES string of the molecule is CC1CCCC2(CC1)CC(N)c1cc(Br)ccc1O2. The van der Waals surface area contributed by atoms with Gasteiger partial charge in [-0.2, -0.15) is 0 Å². The van der Waals surface area contributed by atoms with E-state index in [1.54, 1.807) is 0 Å². The minimum absolute atomic E-state index is 0.00892. The Hall–Kier alpha value is -0.540. The van der Waals surface area contributed by atoms with Gasteiger partial charge in [-0.05, 0) is 49.8 Å². The van der Waals surface area contributed by atoms with E-state index >= 15 is 0 Å². The molecule has 2 aliphatic rings. The Kier molecular flexibility index (Phi) is 3.61. The lowest BCUT2D eigenvalue weighted by Crippen LogP contribution is -2.42. The van der Waals surface area contributed by atoms with E-state index in [2.05, 4.69) is 35.0 Å². The van der Waals surface area contributed by atoms with Gasteiger partial charge in [0, 0.05) is 22.5 Å². The number of ether oxygens (including phenoxy) is 1. The number of rotatable bonds is 0. The van der Waals surface area contributed by atoms with E-state index in [0.29, 0.717) is 0 Å². The molecule has 1 aliphatic carbocycles. The van der Waals surface area contributed by atoms with Gasteiger partial charge in [0.1, 0.15) is 11.4 Å². The van der Waals surface area contributed by atoms with E-state index < -0.39 is 0 Å². The van der Waals surface area contributed by atoms with Crippen molar-refractivity contribution in [3.8, 4) is 5.75 Å². The third-order valence-electron chi connectivity index (χ3n) is 4.71. The van der Waals surface area contributed by atoms with E-state index in [1.807, 2.05) is 6.07 Å². The molecular weight excluding hydrogens is 302 g/mol. The van der Waals surface area contributed by atoms with Crippen molar-refractivity contribution in [3.63, 3.8) is 0 Å². The van der Waals surface area contributed by atoms with Crippen LogP contribution in [-0.4, -0.2) is 5.60 Å². The molecule has 1 aromatic rings. The number of hydrogen-bond donors (Lipinski definition) is 1. The van der Waals surface area contributed by atoms with Gasteiger partial charge in [-0.15, -0.1) is 0 Å². The summed E-state index contributed by atoms with van der Waals surface area (Å²) in [6.07, 6.45) is 7.12. The quantitative estimate of drug-likeness (QED) is 0.759. The first-order valence-corrected chi connectivity index (χ1v) is 8.11. The molecule has 1 fully saturated rings. The largest absolute Gasteiger partial charge is 0.487 e. The lowest BCUT2D eigenvalue weighted by molar-refractivity contribution is 0.0205. The van der Waals surface area contributed by atoms with Gasteiger partial charge in [-0.3, -0.25) is 0 Å². The van der Waals surface area contributed by atoms with Crippen molar-refractivity contribution in [2.45, 2.75) is 57.1 Å². The minimum atomic E-state index is -0.00892. The monoisotopic (exact) mass is 323 g/mol. The molecule has 1 aliphatic heterocycles. The highest BCUT2D eigenvalue weighted by atomic mass is 79.9. The fraction of sp³-hybridized carbons (Fsp3) is 0.625. The fourth-order valence-electron chi connectivity index (χ4n) is 3.55. The molecule has 3 atom stereocenters. The highest BCUT2D eigenvalue weighted by Gasteiger charge is 2.40. The number of nitrogens with two attached hydrogens (primary N) is 1. The van der Waals surface area contributed by atoms with Crippen molar-refractivity contribution < 1.29 is 4.74 Å². The number of fused-ring (bicyclic) bond motifs is 1. The molecule has 1 aromatic carbocycles.